The Hall–Kier alpha value is -0.683. The van der Waals surface area contributed by atoms with Crippen LogP contribution in [0.25, 0.3) is 0 Å². The average molecular weight is 351 g/mol. The van der Waals surface area contributed by atoms with Gasteiger partial charge in [0.05, 0.1) is 0 Å². The van der Waals surface area contributed by atoms with Crippen molar-refractivity contribution >= 4 is 8.56 Å². The molecule has 1 fully saturated rings. The van der Waals surface area contributed by atoms with Gasteiger partial charge in [0.1, 0.15) is 5.22 Å². The second-order valence-electron chi connectivity index (χ2n) is 6.57. The molecule has 1 aliphatic rings. The van der Waals surface area contributed by atoms with Gasteiger partial charge in [0.2, 0.25) is 0 Å². The van der Waals surface area contributed by atoms with Crippen molar-refractivity contribution in [2.45, 2.75) is 64.6 Å². The molecule has 2 atom stereocenters. The second-order valence-corrected chi connectivity index (χ2v) is 10.0. The van der Waals surface area contributed by atoms with E-state index >= 15 is 0 Å². The lowest BCUT2D eigenvalue weighted by molar-refractivity contribution is -0.0769. The number of rotatable bonds is 9. The van der Waals surface area contributed by atoms with Gasteiger partial charge in [0, 0.05) is 19.8 Å². The van der Waals surface area contributed by atoms with Crippen LogP contribution >= 0.6 is 0 Å². The van der Waals surface area contributed by atoms with Crippen molar-refractivity contribution in [1.82, 2.24) is 0 Å². The molecular formula is C20H34O3Si. The SMILES string of the molecule is CCOC1(CC)C(Cc2ccccc2)CCC[Si]1(OCC)OCC. The molecule has 0 saturated carbocycles. The zero-order valence-corrected chi connectivity index (χ0v) is 16.8. The van der Waals surface area contributed by atoms with Gasteiger partial charge in [-0.25, -0.2) is 0 Å². The molecule has 2 unspecified atom stereocenters. The van der Waals surface area contributed by atoms with Gasteiger partial charge in [-0.2, -0.15) is 0 Å². The molecule has 0 amide bonds. The van der Waals surface area contributed by atoms with Crippen LogP contribution in [0.1, 0.15) is 52.5 Å². The molecule has 0 spiro atoms. The van der Waals surface area contributed by atoms with Gasteiger partial charge < -0.3 is 13.6 Å². The van der Waals surface area contributed by atoms with Crippen molar-refractivity contribution in [3.63, 3.8) is 0 Å². The predicted octanol–water partition coefficient (Wildman–Crippen LogP) is 4.88. The van der Waals surface area contributed by atoms with E-state index in [4.69, 9.17) is 13.6 Å². The first-order valence-electron chi connectivity index (χ1n) is 9.63. The lowest BCUT2D eigenvalue weighted by atomic mass is 9.87. The van der Waals surface area contributed by atoms with Crippen LogP contribution in [0.5, 0.6) is 0 Å². The Labute approximate surface area is 149 Å². The van der Waals surface area contributed by atoms with Gasteiger partial charge in [-0.15, -0.1) is 0 Å². The fraction of sp³-hybridized carbons (Fsp3) is 0.700. The van der Waals surface area contributed by atoms with Crippen LogP contribution in [0.3, 0.4) is 0 Å². The highest BCUT2D eigenvalue weighted by molar-refractivity contribution is 6.71. The summed E-state index contributed by atoms with van der Waals surface area (Å²) in [5, 5.41) is -0.248. The van der Waals surface area contributed by atoms with Crippen LogP contribution in [-0.2, 0) is 20.0 Å². The largest absolute Gasteiger partial charge is 0.393 e. The summed E-state index contributed by atoms with van der Waals surface area (Å²) >= 11 is 0. The van der Waals surface area contributed by atoms with E-state index in [-0.39, 0.29) is 5.22 Å². The molecule has 2 rings (SSSR count). The van der Waals surface area contributed by atoms with E-state index < -0.39 is 8.56 Å². The molecule has 0 bridgehead atoms. The van der Waals surface area contributed by atoms with Gasteiger partial charge in [-0.05, 0) is 57.6 Å². The van der Waals surface area contributed by atoms with Crippen LogP contribution in [-0.4, -0.2) is 33.6 Å². The van der Waals surface area contributed by atoms with Crippen molar-refractivity contribution in [3.8, 4) is 0 Å². The third-order valence-electron chi connectivity index (χ3n) is 5.37. The lowest BCUT2D eigenvalue weighted by Crippen LogP contribution is -2.69. The van der Waals surface area contributed by atoms with Crippen LogP contribution in [0.15, 0.2) is 30.3 Å². The van der Waals surface area contributed by atoms with E-state index in [0.717, 1.165) is 18.9 Å². The molecule has 3 nitrogen and oxygen atoms in total. The third-order valence-corrected chi connectivity index (χ3v) is 10.1. The summed E-state index contributed by atoms with van der Waals surface area (Å²) < 4.78 is 19.4. The maximum atomic E-state index is 6.54. The van der Waals surface area contributed by atoms with E-state index in [9.17, 15) is 0 Å². The number of hydrogen-bond donors (Lipinski definition) is 0. The summed E-state index contributed by atoms with van der Waals surface area (Å²) in [6, 6.07) is 11.8. The molecule has 0 aromatic heterocycles. The van der Waals surface area contributed by atoms with E-state index in [1.54, 1.807) is 0 Å². The minimum absolute atomic E-state index is 0.248. The van der Waals surface area contributed by atoms with Crippen LogP contribution in [0, 0.1) is 5.92 Å². The normalized spacial score (nSPS) is 26.4. The fourth-order valence-electron chi connectivity index (χ4n) is 4.54. The topological polar surface area (TPSA) is 27.7 Å². The van der Waals surface area contributed by atoms with Gasteiger partial charge in [0.15, 0.2) is 0 Å². The maximum Gasteiger partial charge on any atom is 0.371 e. The van der Waals surface area contributed by atoms with Crippen LogP contribution in [0.2, 0.25) is 6.04 Å². The summed E-state index contributed by atoms with van der Waals surface area (Å²) in [6.07, 6.45) is 4.38. The monoisotopic (exact) mass is 350 g/mol. The summed E-state index contributed by atoms with van der Waals surface area (Å²) in [7, 11) is -2.42. The molecule has 0 aliphatic carbocycles. The molecule has 0 N–H and O–H groups in total. The molecule has 24 heavy (non-hydrogen) atoms. The highest BCUT2D eigenvalue weighted by atomic mass is 28.4. The number of hydrogen-bond acceptors (Lipinski definition) is 3. The first kappa shape index (κ1) is 19.6. The minimum Gasteiger partial charge on any atom is -0.393 e. The molecule has 1 aromatic rings. The number of ether oxygens (including phenoxy) is 1. The molecule has 0 radical (unpaired) electrons. The predicted molar refractivity (Wildman–Crippen MR) is 101 cm³/mol. The average Bonchev–Trinajstić information content (AvgIpc) is 2.59. The quantitative estimate of drug-likeness (QED) is 0.594. The molecular weight excluding hydrogens is 316 g/mol. The first-order chi connectivity index (χ1) is 11.7. The summed E-state index contributed by atoms with van der Waals surface area (Å²) in [5.74, 6) is 0.461. The van der Waals surface area contributed by atoms with Crippen LogP contribution < -0.4 is 0 Å². The summed E-state index contributed by atoms with van der Waals surface area (Å²) in [4.78, 5) is 0. The summed E-state index contributed by atoms with van der Waals surface area (Å²) in [5.41, 5.74) is 1.39. The highest BCUT2D eigenvalue weighted by Gasteiger charge is 2.63. The lowest BCUT2D eigenvalue weighted by Gasteiger charge is -2.53. The first-order valence-corrected chi connectivity index (χ1v) is 11.7. The van der Waals surface area contributed by atoms with E-state index in [2.05, 4.69) is 58.0 Å². The van der Waals surface area contributed by atoms with Gasteiger partial charge >= 0.3 is 8.56 Å². The van der Waals surface area contributed by atoms with E-state index in [1.165, 1.54) is 18.4 Å². The second kappa shape index (κ2) is 9.14. The molecule has 1 saturated heterocycles. The minimum atomic E-state index is -2.42. The molecule has 4 heteroatoms. The Bertz CT molecular complexity index is 468. The van der Waals surface area contributed by atoms with Gasteiger partial charge in [0.25, 0.3) is 0 Å². The van der Waals surface area contributed by atoms with Gasteiger partial charge in [-0.3, -0.25) is 0 Å². The van der Waals surface area contributed by atoms with Crippen molar-refractivity contribution in [3.05, 3.63) is 35.9 Å². The van der Waals surface area contributed by atoms with E-state index in [0.29, 0.717) is 25.7 Å². The molecule has 1 aliphatic heterocycles. The molecule has 1 heterocycles. The summed E-state index contributed by atoms with van der Waals surface area (Å²) in [6.45, 7) is 10.6. The smallest absolute Gasteiger partial charge is 0.371 e. The Morgan fingerprint density at radius 1 is 1.00 bits per heavy atom. The van der Waals surface area contributed by atoms with Crippen molar-refractivity contribution in [1.29, 1.82) is 0 Å². The third kappa shape index (κ3) is 3.77. The van der Waals surface area contributed by atoms with E-state index in [1.807, 2.05) is 0 Å². The number of benzene rings is 1. The zero-order valence-electron chi connectivity index (χ0n) is 15.8. The Kier molecular flexibility index (Phi) is 7.48. The highest BCUT2D eigenvalue weighted by Crippen LogP contribution is 2.47. The van der Waals surface area contributed by atoms with Gasteiger partial charge in [-0.1, -0.05) is 43.7 Å². The van der Waals surface area contributed by atoms with Crippen molar-refractivity contribution < 1.29 is 13.6 Å². The molecule has 1 aromatic carbocycles. The zero-order chi connectivity index (χ0) is 17.5. The van der Waals surface area contributed by atoms with Crippen molar-refractivity contribution in [2.75, 3.05) is 19.8 Å². The Balaban J connectivity index is 2.40. The standard InChI is InChI=1S/C20H34O3Si/c1-5-20(21-6-2)19(17-18-13-10-9-11-14-18)15-12-16-24(20,22-7-3)23-8-4/h9-11,13-14,19H,5-8,12,15-17H2,1-4H3. The molecule has 136 valence electrons. The van der Waals surface area contributed by atoms with Crippen molar-refractivity contribution in [2.24, 2.45) is 5.92 Å². The Morgan fingerprint density at radius 3 is 2.21 bits per heavy atom. The Morgan fingerprint density at radius 2 is 1.67 bits per heavy atom. The maximum absolute atomic E-state index is 6.54. The van der Waals surface area contributed by atoms with Crippen LogP contribution in [0.4, 0.5) is 0 Å². The fourth-order valence-corrected chi connectivity index (χ4v) is 9.20.